The van der Waals surface area contributed by atoms with Crippen LogP contribution in [0.15, 0.2) is 18.5 Å². The first-order valence-corrected chi connectivity index (χ1v) is 5.34. The zero-order valence-electron chi connectivity index (χ0n) is 8.99. The number of hydrogen-bond donors (Lipinski definition) is 1. The fourth-order valence-corrected chi connectivity index (χ4v) is 1.57. The molecule has 1 aliphatic heterocycles. The third-order valence-corrected chi connectivity index (χ3v) is 2.34. The van der Waals surface area contributed by atoms with Gasteiger partial charge in [-0.05, 0) is 11.6 Å². The summed E-state index contributed by atoms with van der Waals surface area (Å²) in [4.78, 5) is 3.75. The van der Waals surface area contributed by atoms with Gasteiger partial charge in [-0.1, -0.05) is 0 Å². The van der Waals surface area contributed by atoms with Gasteiger partial charge in [-0.25, -0.2) is 4.39 Å². The first kappa shape index (κ1) is 11.4. The number of morpholine rings is 1. The summed E-state index contributed by atoms with van der Waals surface area (Å²) in [6, 6.07) is 1.42. The van der Waals surface area contributed by atoms with Crippen molar-refractivity contribution in [2.75, 3.05) is 26.3 Å². The summed E-state index contributed by atoms with van der Waals surface area (Å²) in [7, 11) is 0. The van der Waals surface area contributed by atoms with E-state index in [0.29, 0.717) is 13.2 Å². The second kappa shape index (κ2) is 5.89. The van der Waals surface area contributed by atoms with Crippen molar-refractivity contribution in [3.8, 4) is 0 Å². The molecule has 1 aromatic rings. The molecular weight excluding hydrogens is 211 g/mol. The first-order valence-electron chi connectivity index (χ1n) is 5.34. The van der Waals surface area contributed by atoms with E-state index in [9.17, 15) is 4.39 Å². The van der Waals surface area contributed by atoms with Gasteiger partial charge in [0.05, 0.1) is 32.1 Å². The summed E-state index contributed by atoms with van der Waals surface area (Å²) >= 11 is 0. The van der Waals surface area contributed by atoms with Crippen molar-refractivity contribution in [2.24, 2.45) is 0 Å². The molecule has 0 radical (unpaired) electrons. The van der Waals surface area contributed by atoms with Gasteiger partial charge in [0.2, 0.25) is 0 Å². The fraction of sp³-hybridized carbons (Fsp3) is 0.545. The number of aromatic nitrogens is 1. The average molecular weight is 226 g/mol. The zero-order chi connectivity index (χ0) is 11.2. The molecular formula is C11H15FN2O2. The van der Waals surface area contributed by atoms with Crippen LogP contribution < -0.4 is 5.32 Å². The molecule has 0 aliphatic carbocycles. The van der Waals surface area contributed by atoms with Crippen LogP contribution in [0.1, 0.15) is 5.56 Å². The van der Waals surface area contributed by atoms with Crippen LogP contribution in [0.5, 0.6) is 0 Å². The van der Waals surface area contributed by atoms with Gasteiger partial charge in [-0.3, -0.25) is 4.98 Å². The smallest absolute Gasteiger partial charge is 0.141 e. The zero-order valence-corrected chi connectivity index (χ0v) is 8.99. The van der Waals surface area contributed by atoms with Crippen LogP contribution in [0, 0.1) is 5.82 Å². The van der Waals surface area contributed by atoms with Crippen LogP contribution in [0.3, 0.4) is 0 Å². The van der Waals surface area contributed by atoms with Crippen LogP contribution in [-0.4, -0.2) is 37.4 Å². The summed E-state index contributed by atoms with van der Waals surface area (Å²) in [5.74, 6) is -0.336. The van der Waals surface area contributed by atoms with Crippen molar-refractivity contribution >= 4 is 0 Å². The van der Waals surface area contributed by atoms with E-state index in [0.717, 1.165) is 25.3 Å². The topological polar surface area (TPSA) is 43.4 Å². The quantitative estimate of drug-likeness (QED) is 0.821. The largest absolute Gasteiger partial charge is 0.374 e. The van der Waals surface area contributed by atoms with E-state index >= 15 is 0 Å². The van der Waals surface area contributed by atoms with Crippen LogP contribution in [0.4, 0.5) is 4.39 Å². The number of ether oxygens (including phenoxy) is 2. The summed E-state index contributed by atoms with van der Waals surface area (Å²) in [5, 5.41) is 3.22. The highest BCUT2D eigenvalue weighted by Crippen LogP contribution is 2.04. The van der Waals surface area contributed by atoms with Gasteiger partial charge >= 0.3 is 0 Å². The van der Waals surface area contributed by atoms with Crippen molar-refractivity contribution in [1.29, 1.82) is 0 Å². The molecule has 2 heterocycles. The Balaban J connectivity index is 1.71. The predicted molar refractivity (Wildman–Crippen MR) is 56.5 cm³/mol. The highest BCUT2D eigenvalue weighted by Gasteiger charge is 2.12. The summed E-state index contributed by atoms with van der Waals surface area (Å²) in [6.07, 6.45) is 2.87. The van der Waals surface area contributed by atoms with Crippen molar-refractivity contribution in [2.45, 2.75) is 12.7 Å². The summed E-state index contributed by atoms with van der Waals surface area (Å²) in [5.41, 5.74) is 0.740. The number of halogens is 1. The van der Waals surface area contributed by atoms with Gasteiger partial charge in [0, 0.05) is 19.3 Å². The molecule has 88 valence electrons. The van der Waals surface area contributed by atoms with Crippen molar-refractivity contribution in [3.05, 3.63) is 29.8 Å². The number of rotatable bonds is 4. The maximum atomic E-state index is 12.8. The van der Waals surface area contributed by atoms with E-state index in [-0.39, 0.29) is 11.9 Å². The Labute approximate surface area is 93.8 Å². The molecule has 1 atom stereocenters. The lowest BCUT2D eigenvalue weighted by Crippen LogP contribution is -2.40. The SMILES string of the molecule is Fc1cncc(COCC2CNCCO2)c1. The van der Waals surface area contributed by atoms with E-state index in [1.54, 1.807) is 6.20 Å². The third-order valence-electron chi connectivity index (χ3n) is 2.34. The Kier molecular flexibility index (Phi) is 4.21. The first-order chi connectivity index (χ1) is 7.84. The molecule has 0 aromatic carbocycles. The monoisotopic (exact) mass is 226 g/mol. The van der Waals surface area contributed by atoms with Gasteiger partial charge in [0.15, 0.2) is 0 Å². The Morgan fingerprint density at radius 1 is 1.56 bits per heavy atom. The maximum absolute atomic E-state index is 12.8. The summed E-state index contributed by atoms with van der Waals surface area (Å²) < 4.78 is 23.7. The van der Waals surface area contributed by atoms with Crippen molar-refractivity contribution in [3.63, 3.8) is 0 Å². The Morgan fingerprint density at radius 3 is 3.25 bits per heavy atom. The van der Waals surface area contributed by atoms with Gasteiger partial charge in [0.25, 0.3) is 0 Å². The molecule has 1 aromatic heterocycles. The molecule has 16 heavy (non-hydrogen) atoms. The van der Waals surface area contributed by atoms with Gasteiger partial charge in [-0.15, -0.1) is 0 Å². The number of nitrogens with one attached hydrogen (secondary N) is 1. The fourth-order valence-electron chi connectivity index (χ4n) is 1.57. The Bertz CT molecular complexity index is 330. The molecule has 0 bridgehead atoms. The van der Waals surface area contributed by atoms with E-state index in [1.807, 2.05) is 0 Å². The molecule has 5 heteroatoms. The molecule has 0 spiro atoms. The van der Waals surface area contributed by atoms with Gasteiger partial charge in [0.1, 0.15) is 5.82 Å². The molecule has 1 N–H and O–H groups in total. The lowest BCUT2D eigenvalue weighted by molar-refractivity contribution is -0.0358. The molecule has 1 saturated heterocycles. The standard InChI is InChI=1S/C11H15FN2O2/c12-10-3-9(4-14-5-10)7-15-8-11-6-13-1-2-16-11/h3-5,11,13H,1-2,6-8H2. The van der Waals surface area contributed by atoms with Crippen molar-refractivity contribution in [1.82, 2.24) is 10.3 Å². The minimum atomic E-state index is -0.336. The minimum absolute atomic E-state index is 0.0928. The number of hydrogen-bond acceptors (Lipinski definition) is 4. The molecule has 1 fully saturated rings. The number of pyridine rings is 1. The second-order valence-electron chi connectivity index (χ2n) is 3.72. The third kappa shape index (κ3) is 3.52. The second-order valence-corrected chi connectivity index (χ2v) is 3.72. The lowest BCUT2D eigenvalue weighted by Gasteiger charge is -2.23. The maximum Gasteiger partial charge on any atom is 0.141 e. The lowest BCUT2D eigenvalue weighted by atomic mass is 10.3. The molecule has 0 amide bonds. The molecule has 1 aliphatic rings. The van der Waals surface area contributed by atoms with Crippen LogP contribution in [-0.2, 0) is 16.1 Å². The van der Waals surface area contributed by atoms with Crippen molar-refractivity contribution < 1.29 is 13.9 Å². The van der Waals surface area contributed by atoms with Gasteiger partial charge < -0.3 is 14.8 Å². The predicted octanol–water partition coefficient (Wildman–Crippen LogP) is 0.726. The molecule has 1 unspecified atom stereocenters. The van der Waals surface area contributed by atoms with Crippen LogP contribution in [0.2, 0.25) is 0 Å². The molecule has 2 rings (SSSR count). The normalized spacial score (nSPS) is 20.9. The van der Waals surface area contributed by atoms with E-state index in [1.165, 1.54) is 12.3 Å². The van der Waals surface area contributed by atoms with Crippen LogP contribution >= 0.6 is 0 Å². The molecule has 0 saturated carbocycles. The molecule has 4 nitrogen and oxygen atoms in total. The highest BCUT2D eigenvalue weighted by molar-refractivity contribution is 5.08. The van der Waals surface area contributed by atoms with Crippen LogP contribution in [0.25, 0.3) is 0 Å². The number of nitrogens with zero attached hydrogens (tertiary/aromatic N) is 1. The van der Waals surface area contributed by atoms with E-state index in [4.69, 9.17) is 9.47 Å². The summed E-state index contributed by atoms with van der Waals surface area (Å²) in [6.45, 7) is 3.30. The Hall–Kier alpha value is -1.04. The Morgan fingerprint density at radius 2 is 2.50 bits per heavy atom. The van der Waals surface area contributed by atoms with E-state index < -0.39 is 0 Å². The highest BCUT2D eigenvalue weighted by atomic mass is 19.1. The van der Waals surface area contributed by atoms with Gasteiger partial charge in [-0.2, -0.15) is 0 Å². The van der Waals surface area contributed by atoms with E-state index in [2.05, 4.69) is 10.3 Å². The average Bonchev–Trinajstić information content (AvgIpc) is 2.30. The minimum Gasteiger partial charge on any atom is -0.374 e.